The Morgan fingerprint density at radius 1 is 1.26 bits per heavy atom. The molecule has 1 saturated heterocycles. The van der Waals surface area contributed by atoms with E-state index in [4.69, 9.17) is 0 Å². The minimum Gasteiger partial charge on any atom is -0.343 e. The Bertz CT molecular complexity index is 644. The number of carbonyl (C=O) groups excluding carboxylic acids is 1. The smallest absolute Gasteiger partial charge is 0.219 e. The fourth-order valence-corrected chi connectivity index (χ4v) is 2.92. The van der Waals surface area contributed by atoms with Gasteiger partial charge in [0.1, 0.15) is 5.82 Å². The number of carbonyl (C=O) groups is 1. The lowest BCUT2D eigenvalue weighted by Gasteiger charge is -2.31. The molecule has 1 atom stereocenters. The lowest BCUT2D eigenvalue weighted by Crippen LogP contribution is -2.39. The van der Waals surface area contributed by atoms with Crippen LogP contribution in [0.1, 0.15) is 25.5 Å². The number of hydrogen-bond acceptors (Lipinski definition) is 5. The molecule has 1 fully saturated rings. The van der Waals surface area contributed by atoms with Gasteiger partial charge in [-0.15, -0.1) is 5.10 Å². The Balaban J connectivity index is 1.58. The molecule has 0 saturated carbocycles. The van der Waals surface area contributed by atoms with Crippen molar-refractivity contribution in [3.8, 4) is 0 Å². The molecule has 1 N–H and O–H groups in total. The first-order valence-corrected chi connectivity index (χ1v) is 7.97. The number of anilines is 2. The normalized spacial score (nSPS) is 17.8. The number of hydrogen-bond donors (Lipinski definition) is 1. The van der Waals surface area contributed by atoms with Gasteiger partial charge in [0, 0.05) is 26.2 Å². The Labute approximate surface area is 136 Å². The number of amides is 1. The van der Waals surface area contributed by atoms with Crippen molar-refractivity contribution in [1.29, 1.82) is 0 Å². The van der Waals surface area contributed by atoms with Crippen LogP contribution in [0.4, 0.5) is 11.6 Å². The van der Waals surface area contributed by atoms with Gasteiger partial charge in [0.2, 0.25) is 5.91 Å². The van der Waals surface area contributed by atoms with E-state index in [1.807, 2.05) is 35.2 Å². The van der Waals surface area contributed by atoms with Crippen molar-refractivity contribution >= 4 is 17.5 Å². The summed E-state index contributed by atoms with van der Waals surface area (Å²) in [7, 11) is 0. The molecule has 0 radical (unpaired) electrons. The molecule has 0 aromatic carbocycles. The summed E-state index contributed by atoms with van der Waals surface area (Å²) in [4.78, 5) is 17.6. The lowest BCUT2D eigenvalue weighted by molar-refractivity contribution is -0.130. The summed E-state index contributed by atoms with van der Waals surface area (Å²) >= 11 is 0. The van der Waals surface area contributed by atoms with Crippen molar-refractivity contribution in [2.45, 2.75) is 26.2 Å². The summed E-state index contributed by atoms with van der Waals surface area (Å²) < 4.78 is 0. The third-order valence-electron chi connectivity index (χ3n) is 4.10. The lowest BCUT2D eigenvalue weighted by atomic mass is 9.93. The highest BCUT2D eigenvalue weighted by Gasteiger charge is 2.22. The van der Waals surface area contributed by atoms with Crippen LogP contribution in [0.25, 0.3) is 0 Å². The number of piperidine rings is 1. The van der Waals surface area contributed by atoms with Crippen molar-refractivity contribution in [2.24, 2.45) is 5.92 Å². The Morgan fingerprint density at radius 3 is 2.87 bits per heavy atom. The van der Waals surface area contributed by atoms with Gasteiger partial charge >= 0.3 is 0 Å². The van der Waals surface area contributed by atoms with Gasteiger partial charge in [-0.1, -0.05) is 6.07 Å². The van der Waals surface area contributed by atoms with Crippen LogP contribution >= 0.6 is 0 Å². The largest absolute Gasteiger partial charge is 0.343 e. The van der Waals surface area contributed by atoms with E-state index in [1.54, 1.807) is 13.1 Å². The predicted molar refractivity (Wildman–Crippen MR) is 88.2 cm³/mol. The van der Waals surface area contributed by atoms with Crippen LogP contribution in [0.15, 0.2) is 36.5 Å². The zero-order chi connectivity index (χ0) is 16.1. The summed E-state index contributed by atoms with van der Waals surface area (Å²) in [5.41, 5.74) is 0.965. The van der Waals surface area contributed by atoms with Crippen LogP contribution in [0, 0.1) is 5.92 Å². The number of nitrogens with one attached hydrogen (secondary N) is 1. The third-order valence-corrected chi connectivity index (χ3v) is 4.10. The second-order valence-electron chi connectivity index (χ2n) is 5.93. The monoisotopic (exact) mass is 311 g/mol. The maximum atomic E-state index is 11.5. The Kier molecular flexibility index (Phi) is 4.80. The molecule has 1 aliphatic heterocycles. The minimum absolute atomic E-state index is 0.163. The van der Waals surface area contributed by atoms with Crippen molar-refractivity contribution < 1.29 is 4.79 Å². The SMILES string of the molecule is CC(=O)N1CCC[C@H](Cc2ccc(Nc3ccccn3)nn2)C1. The topological polar surface area (TPSA) is 71.0 Å². The molecule has 2 aromatic rings. The van der Waals surface area contributed by atoms with E-state index in [-0.39, 0.29) is 5.91 Å². The summed E-state index contributed by atoms with van der Waals surface area (Å²) in [6, 6.07) is 9.58. The number of pyridine rings is 1. The molecule has 2 aromatic heterocycles. The molecule has 120 valence electrons. The number of rotatable bonds is 4. The second kappa shape index (κ2) is 7.17. The van der Waals surface area contributed by atoms with Crippen LogP contribution in [0.3, 0.4) is 0 Å². The number of likely N-dealkylation sites (tertiary alicyclic amines) is 1. The van der Waals surface area contributed by atoms with Crippen molar-refractivity contribution in [2.75, 3.05) is 18.4 Å². The number of aromatic nitrogens is 3. The quantitative estimate of drug-likeness (QED) is 0.939. The summed E-state index contributed by atoms with van der Waals surface area (Å²) in [6.07, 6.45) is 4.80. The fourth-order valence-electron chi connectivity index (χ4n) is 2.92. The molecule has 6 nitrogen and oxygen atoms in total. The first-order valence-electron chi connectivity index (χ1n) is 7.97. The zero-order valence-electron chi connectivity index (χ0n) is 13.3. The van der Waals surface area contributed by atoms with E-state index in [9.17, 15) is 4.79 Å². The van der Waals surface area contributed by atoms with Gasteiger partial charge < -0.3 is 10.2 Å². The molecule has 0 spiro atoms. The summed E-state index contributed by atoms with van der Waals surface area (Å²) in [5.74, 6) is 2.06. The van der Waals surface area contributed by atoms with E-state index < -0.39 is 0 Å². The second-order valence-corrected chi connectivity index (χ2v) is 5.93. The van der Waals surface area contributed by atoms with Gasteiger partial charge in [-0.3, -0.25) is 4.79 Å². The van der Waals surface area contributed by atoms with Gasteiger partial charge in [-0.2, -0.15) is 5.10 Å². The first kappa shape index (κ1) is 15.4. The molecule has 1 amide bonds. The predicted octanol–water partition coefficient (Wildman–Crippen LogP) is 2.42. The Hall–Kier alpha value is -2.50. The first-order chi connectivity index (χ1) is 11.2. The molecular formula is C17H21N5O. The molecule has 0 aliphatic carbocycles. The summed E-state index contributed by atoms with van der Waals surface area (Å²) in [5, 5.41) is 11.6. The average molecular weight is 311 g/mol. The van der Waals surface area contributed by atoms with Gasteiger partial charge in [0.05, 0.1) is 5.69 Å². The van der Waals surface area contributed by atoms with Gasteiger partial charge in [-0.05, 0) is 49.4 Å². The molecule has 0 unspecified atom stereocenters. The molecular weight excluding hydrogens is 290 g/mol. The molecule has 3 rings (SSSR count). The van der Waals surface area contributed by atoms with Crippen LogP contribution < -0.4 is 5.32 Å². The van der Waals surface area contributed by atoms with Crippen LogP contribution in [0.5, 0.6) is 0 Å². The average Bonchev–Trinajstić information content (AvgIpc) is 2.58. The van der Waals surface area contributed by atoms with Gasteiger partial charge in [0.15, 0.2) is 5.82 Å². The molecule has 23 heavy (non-hydrogen) atoms. The van der Waals surface area contributed by atoms with E-state index in [2.05, 4.69) is 20.5 Å². The van der Waals surface area contributed by atoms with Gasteiger partial charge in [-0.25, -0.2) is 4.98 Å². The summed E-state index contributed by atoms with van der Waals surface area (Å²) in [6.45, 7) is 3.34. The molecule has 0 bridgehead atoms. The Morgan fingerprint density at radius 2 is 2.17 bits per heavy atom. The molecule has 1 aliphatic rings. The maximum Gasteiger partial charge on any atom is 0.219 e. The zero-order valence-corrected chi connectivity index (χ0v) is 13.3. The van der Waals surface area contributed by atoms with Crippen LogP contribution in [-0.2, 0) is 11.2 Å². The number of nitrogens with zero attached hydrogens (tertiary/aromatic N) is 4. The van der Waals surface area contributed by atoms with Gasteiger partial charge in [0.25, 0.3) is 0 Å². The van der Waals surface area contributed by atoms with Crippen LogP contribution in [-0.4, -0.2) is 39.1 Å². The molecule has 6 heteroatoms. The van der Waals surface area contributed by atoms with Crippen molar-refractivity contribution in [3.63, 3.8) is 0 Å². The molecule has 3 heterocycles. The standard InChI is InChI=1S/C17H21N5O/c1-13(23)22-10-4-5-14(12-22)11-15-7-8-17(21-20-15)19-16-6-2-3-9-18-16/h2-3,6-9,14H,4-5,10-12H2,1H3,(H,18,19,21)/t14-/m1/s1. The van der Waals surface area contributed by atoms with Crippen LogP contribution in [0.2, 0.25) is 0 Å². The minimum atomic E-state index is 0.163. The highest BCUT2D eigenvalue weighted by molar-refractivity contribution is 5.73. The van der Waals surface area contributed by atoms with E-state index in [0.717, 1.165) is 43.9 Å². The van der Waals surface area contributed by atoms with E-state index >= 15 is 0 Å². The third kappa shape index (κ3) is 4.25. The highest BCUT2D eigenvalue weighted by Crippen LogP contribution is 2.20. The van der Waals surface area contributed by atoms with E-state index in [1.165, 1.54) is 0 Å². The fraction of sp³-hybridized carbons (Fsp3) is 0.412. The van der Waals surface area contributed by atoms with Crippen molar-refractivity contribution in [3.05, 3.63) is 42.2 Å². The maximum absolute atomic E-state index is 11.5. The van der Waals surface area contributed by atoms with E-state index in [0.29, 0.717) is 11.7 Å². The highest BCUT2D eigenvalue weighted by atomic mass is 16.2. The van der Waals surface area contributed by atoms with Crippen molar-refractivity contribution in [1.82, 2.24) is 20.1 Å².